The van der Waals surface area contributed by atoms with Crippen molar-refractivity contribution in [2.24, 2.45) is 0 Å². The van der Waals surface area contributed by atoms with Gasteiger partial charge in [-0.2, -0.15) is 11.8 Å². The van der Waals surface area contributed by atoms with E-state index in [0.717, 1.165) is 23.0 Å². The van der Waals surface area contributed by atoms with Crippen LogP contribution in [0.3, 0.4) is 0 Å². The lowest BCUT2D eigenvalue weighted by atomic mass is 9.94. The van der Waals surface area contributed by atoms with E-state index < -0.39 is 0 Å². The highest BCUT2D eigenvalue weighted by Crippen LogP contribution is 2.36. The largest absolute Gasteiger partial charge is 0.325 e. The maximum absolute atomic E-state index is 5.96. The van der Waals surface area contributed by atoms with Crippen molar-refractivity contribution in [3.63, 3.8) is 0 Å². The Bertz CT molecular complexity index is 584. The minimum Gasteiger partial charge on any atom is -0.325 e. The number of aromatic nitrogens is 3. The van der Waals surface area contributed by atoms with E-state index in [1.165, 1.54) is 31.2 Å². The fraction of sp³-hybridized carbons (Fsp3) is 0.600. The van der Waals surface area contributed by atoms with E-state index in [0.29, 0.717) is 11.9 Å². The molecule has 2 heterocycles. The van der Waals surface area contributed by atoms with E-state index >= 15 is 0 Å². The van der Waals surface area contributed by atoms with Crippen molar-refractivity contribution in [3.8, 4) is 0 Å². The lowest BCUT2D eigenvalue weighted by Crippen LogP contribution is -2.22. The summed E-state index contributed by atoms with van der Waals surface area (Å²) in [7, 11) is 0. The van der Waals surface area contributed by atoms with E-state index in [4.69, 9.17) is 16.6 Å². The van der Waals surface area contributed by atoms with Gasteiger partial charge < -0.3 is 4.57 Å². The van der Waals surface area contributed by atoms with Crippen molar-refractivity contribution < 1.29 is 0 Å². The molecule has 0 radical (unpaired) electrons. The SMILES string of the molecule is CSC1CCCC(n2c(CCCl)nc3cnccc32)C1. The number of thioether (sulfide) groups is 1. The second-order valence-electron chi connectivity index (χ2n) is 5.38. The monoisotopic (exact) mass is 309 g/mol. The van der Waals surface area contributed by atoms with Crippen LogP contribution >= 0.6 is 23.4 Å². The standard InChI is InChI=1S/C15H20ClN3S/c1-20-12-4-2-3-11(9-12)19-14-6-8-17-10-13(14)18-15(19)5-7-16/h6,8,10-12H,2-5,7,9H2,1H3. The Morgan fingerprint density at radius 2 is 2.35 bits per heavy atom. The molecule has 0 aromatic carbocycles. The number of pyridine rings is 1. The number of aryl methyl sites for hydroxylation is 1. The maximum Gasteiger partial charge on any atom is 0.111 e. The van der Waals surface area contributed by atoms with Gasteiger partial charge >= 0.3 is 0 Å². The summed E-state index contributed by atoms with van der Waals surface area (Å²) in [5.41, 5.74) is 2.21. The quantitative estimate of drug-likeness (QED) is 0.798. The first-order valence-electron chi connectivity index (χ1n) is 7.23. The fourth-order valence-electron chi connectivity index (χ4n) is 3.24. The van der Waals surface area contributed by atoms with Crippen molar-refractivity contribution in [2.45, 2.75) is 43.4 Å². The van der Waals surface area contributed by atoms with E-state index in [1.807, 2.05) is 24.2 Å². The molecule has 0 amide bonds. The molecule has 0 N–H and O–H groups in total. The second-order valence-corrected chi connectivity index (χ2v) is 6.90. The Labute approximate surface area is 129 Å². The number of fused-ring (bicyclic) bond motifs is 1. The lowest BCUT2D eigenvalue weighted by Gasteiger charge is -2.30. The molecule has 3 rings (SSSR count). The number of hydrogen-bond donors (Lipinski definition) is 0. The Balaban J connectivity index is 2.01. The number of alkyl halides is 1. The summed E-state index contributed by atoms with van der Waals surface area (Å²) < 4.78 is 2.43. The molecule has 0 spiro atoms. The zero-order chi connectivity index (χ0) is 13.9. The van der Waals surface area contributed by atoms with Gasteiger partial charge in [0.15, 0.2) is 0 Å². The van der Waals surface area contributed by atoms with Crippen molar-refractivity contribution in [2.75, 3.05) is 12.1 Å². The first-order chi connectivity index (χ1) is 9.83. The van der Waals surface area contributed by atoms with Crippen LogP contribution in [0.15, 0.2) is 18.5 Å². The third kappa shape index (κ3) is 2.68. The van der Waals surface area contributed by atoms with Gasteiger partial charge in [0, 0.05) is 29.8 Å². The van der Waals surface area contributed by atoms with E-state index in [1.54, 1.807) is 0 Å². The minimum absolute atomic E-state index is 0.562. The van der Waals surface area contributed by atoms with Crippen LogP contribution in [0.1, 0.15) is 37.5 Å². The molecule has 3 nitrogen and oxygen atoms in total. The Morgan fingerprint density at radius 1 is 1.45 bits per heavy atom. The smallest absolute Gasteiger partial charge is 0.111 e. The average molecular weight is 310 g/mol. The Kier molecular flexibility index (Phi) is 4.51. The van der Waals surface area contributed by atoms with Gasteiger partial charge in [-0.05, 0) is 31.6 Å². The number of nitrogens with zero attached hydrogens (tertiary/aromatic N) is 3. The van der Waals surface area contributed by atoms with Crippen LogP contribution in [0.4, 0.5) is 0 Å². The topological polar surface area (TPSA) is 30.7 Å². The van der Waals surface area contributed by atoms with Gasteiger partial charge in [0.2, 0.25) is 0 Å². The molecule has 0 aliphatic heterocycles. The number of halogens is 1. The van der Waals surface area contributed by atoms with Gasteiger partial charge in [-0.15, -0.1) is 11.6 Å². The molecule has 5 heteroatoms. The van der Waals surface area contributed by atoms with Crippen LogP contribution in [0.2, 0.25) is 0 Å². The maximum atomic E-state index is 5.96. The first-order valence-corrected chi connectivity index (χ1v) is 9.05. The van der Waals surface area contributed by atoms with Gasteiger partial charge in [-0.3, -0.25) is 4.98 Å². The zero-order valence-electron chi connectivity index (χ0n) is 11.8. The number of rotatable bonds is 4. The summed E-state index contributed by atoms with van der Waals surface area (Å²) in [4.78, 5) is 8.93. The van der Waals surface area contributed by atoms with Gasteiger partial charge in [-0.1, -0.05) is 6.42 Å². The van der Waals surface area contributed by atoms with Crippen molar-refractivity contribution in [1.29, 1.82) is 0 Å². The molecule has 20 heavy (non-hydrogen) atoms. The molecule has 1 aliphatic rings. The highest BCUT2D eigenvalue weighted by molar-refractivity contribution is 7.99. The highest BCUT2D eigenvalue weighted by Gasteiger charge is 2.25. The molecule has 0 bridgehead atoms. The van der Waals surface area contributed by atoms with Crippen LogP contribution in [-0.4, -0.2) is 31.9 Å². The molecule has 1 aliphatic carbocycles. The molecule has 2 aromatic heterocycles. The summed E-state index contributed by atoms with van der Waals surface area (Å²) in [6, 6.07) is 2.65. The number of hydrogen-bond acceptors (Lipinski definition) is 3. The van der Waals surface area contributed by atoms with Crippen molar-refractivity contribution in [3.05, 3.63) is 24.3 Å². The molecular formula is C15H20ClN3S. The third-order valence-corrected chi connectivity index (χ3v) is 5.46. The zero-order valence-corrected chi connectivity index (χ0v) is 13.3. The van der Waals surface area contributed by atoms with Gasteiger partial charge in [0.25, 0.3) is 0 Å². The van der Waals surface area contributed by atoms with E-state index in [2.05, 4.69) is 21.9 Å². The normalized spacial score (nSPS) is 23.3. The first kappa shape index (κ1) is 14.2. The Hall–Kier alpha value is -0.740. The third-order valence-electron chi connectivity index (χ3n) is 4.18. The van der Waals surface area contributed by atoms with Gasteiger partial charge in [-0.25, -0.2) is 4.98 Å². The summed E-state index contributed by atoms with van der Waals surface area (Å²) in [6.07, 6.45) is 11.9. The van der Waals surface area contributed by atoms with Gasteiger partial charge in [0.05, 0.1) is 11.7 Å². The molecule has 2 unspecified atom stereocenters. The van der Waals surface area contributed by atoms with E-state index in [9.17, 15) is 0 Å². The summed E-state index contributed by atoms with van der Waals surface area (Å²) in [6.45, 7) is 0. The van der Waals surface area contributed by atoms with Crippen molar-refractivity contribution in [1.82, 2.24) is 14.5 Å². The Morgan fingerprint density at radius 3 is 3.15 bits per heavy atom. The number of imidazole rings is 1. The summed E-state index contributed by atoms with van der Waals surface area (Å²) in [5, 5.41) is 0.775. The second kappa shape index (κ2) is 6.35. The predicted octanol–water partition coefficient (Wildman–Crippen LogP) is 4.06. The molecule has 2 aromatic rings. The van der Waals surface area contributed by atoms with Crippen molar-refractivity contribution >= 4 is 34.4 Å². The summed E-state index contributed by atoms with van der Waals surface area (Å²) >= 11 is 7.96. The lowest BCUT2D eigenvalue weighted by molar-refractivity contribution is 0.360. The van der Waals surface area contributed by atoms with Crippen LogP contribution in [0, 0.1) is 0 Å². The minimum atomic E-state index is 0.562. The fourth-order valence-corrected chi connectivity index (χ4v) is 4.22. The van der Waals surface area contributed by atoms with Crippen LogP contribution < -0.4 is 0 Å². The molecule has 2 atom stereocenters. The van der Waals surface area contributed by atoms with Gasteiger partial charge in [0.1, 0.15) is 11.3 Å². The van der Waals surface area contributed by atoms with Crippen LogP contribution in [0.5, 0.6) is 0 Å². The predicted molar refractivity (Wildman–Crippen MR) is 86.8 cm³/mol. The van der Waals surface area contributed by atoms with Crippen LogP contribution in [0.25, 0.3) is 11.0 Å². The van der Waals surface area contributed by atoms with Crippen LogP contribution in [-0.2, 0) is 6.42 Å². The molecule has 0 saturated heterocycles. The highest BCUT2D eigenvalue weighted by atomic mass is 35.5. The molecular weight excluding hydrogens is 290 g/mol. The summed E-state index contributed by atoms with van der Waals surface area (Å²) in [5.74, 6) is 1.74. The molecule has 1 fully saturated rings. The molecule has 108 valence electrons. The molecule has 1 saturated carbocycles. The van der Waals surface area contributed by atoms with E-state index in [-0.39, 0.29) is 0 Å². The average Bonchev–Trinajstić information content (AvgIpc) is 2.85.